The van der Waals surface area contributed by atoms with E-state index in [-0.39, 0.29) is 5.82 Å². The summed E-state index contributed by atoms with van der Waals surface area (Å²) in [6, 6.07) is 4.87. The number of thioether (sulfide) groups is 1. The van der Waals surface area contributed by atoms with Gasteiger partial charge in [-0.25, -0.2) is 14.4 Å². The van der Waals surface area contributed by atoms with Crippen LogP contribution in [0.3, 0.4) is 0 Å². The number of aromatic nitrogens is 3. The lowest BCUT2D eigenvalue weighted by Gasteiger charge is -2.12. The maximum Gasteiger partial charge on any atom is 0.191 e. The van der Waals surface area contributed by atoms with Gasteiger partial charge in [-0.3, -0.25) is 4.68 Å². The van der Waals surface area contributed by atoms with Crippen molar-refractivity contribution >= 4 is 17.7 Å². The molecule has 0 spiro atoms. The van der Waals surface area contributed by atoms with Crippen molar-refractivity contribution < 1.29 is 4.39 Å². The van der Waals surface area contributed by atoms with E-state index in [0.29, 0.717) is 19.0 Å². The predicted octanol–water partition coefficient (Wildman–Crippen LogP) is 2.07. The zero-order chi connectivity index (χ0) is 17.4. The van der Waals surface area contributed by atoms with Crippen molar-refractivity contribution in [1.82, 2.24) is 25.4 Å². The number of nitrogens with one attached hydrogen (secondary N) is 2. The molecule has 0 fully saturated rings. The van der Waals surface area contributed by atoms with E-state index in [1.165, 1.54) is 12.4 Å². The molecular weight excluding hydrogens is 327 g/mol. The van der Waals surface area contributed by atoms with Crippen LogP contribution in [0.2, 0.25) is 0 Å². The second-order valence-corrected chi connectivity index (χ2v) is 6.06. The number of aryl methyl sites for hydroxylation is 1. The van der Waals surface area contributed by atoms with Gasteiger partial charge in [-0.15, -0.1) is 0 Å². The Kier molecular flexibility index (Phi) is 7.05. The summed E-state index contributed by atoms with van der Waals surface area (Å²) in [4.78, 5) is 8.77. The van der Waals surface area contributed by atoms with Crippen molar-refractivity contribution in [2.24, 2.45) is 12.0 Å². The highest BCUT2D eigenvalue weighted by Gasteiger charge is 2.06. The number of aliphatic imine (C=N–C) groups is 1. The average molecular weight is 350 g/mol. The van der Waals surface area contributed by atoms with Crippen molar-refractivity contribution in [3.8, 4) is 0 Å². The van der Waals surface area contributed by atoms with Gasteiger partial charge in [0.2, 0.25) is 0 Å². The second kappa shape index (κ2) is 9.27. The molecular formula is C16H23FN6S. The van der Waals surface area contributed by atoms with E-state index >= 15 is 0 Å². The van der Waals surface area contributed by atoms with Crippen LogP contribution in [0, 0.1) is 5.82 Å². The third-order valence-corrected chi connectivity index (χ3v) is 4.04. The fourth-order valence-electron chi connectivity index (χ4n) is 2.19. The van der Waals surface area contributed by atoms with E-state index in [1.807, 2.05) is 20.2 Å². The van der Waals surface area contributed by atoms with Gasteiger partial charge in [-0.2, -0.15) is 16.9 Å². The molecule has 0 saturated heterocycles. The van der Waals surface area contributed by atoms with E-state index in [4.69, 9.17) is 0 Å². The number of guanidine groups is 1. The van der Waals surface area contributed by atoms with Crippen molar-refractivity contribution in [3.63, 3.8) is 0 Å². The first-order chi connectivity index (χ1) is 11.6. The Balaban J connectivity index is 2.06. The summed E-state index contributed by atoms with van der Waals surface area (Å²) in [7, 11) is 1.85. The second-order valence-electron chi connectivity index (χ2n) is 5.19. The van der Waals surface area contributed by atoms with Gasteiger partial charge < -0.3 is 10.6 Å². The Labute approximate surface area is 146 Å². The molecule has 0 aliphatic rings. The topological polar surface area (TPSA) is 67.1 Å². The van der Waals surface area contributed by atoms with Crippen molar-refractivity contribution in [2.45, 2.75) is 25.8 Å². The molecule has 8 heteroatoms. The molecule has 0 unspecified atom stereocenters. The summed E-state index contributed by atoms with van der Waals surface area (Å²) in [6.45, 7) is 3.79. The Morgan fingerprint density at radius 3 is 2.83 bits per heavy atom. The smallest absolute Gasteiger partial charge is 0.191 e. The fourth-order valence-corrected chi connectivity index (χ4v) is 2.77. The third-order valence-electron chi connectivity index (χ3n) is 3.44. The van der Waals surface area contributed by atoms with Gasteiger partial charge in [-0.05, 0) is 36.4 Å². The number of halogens is 1. The zero-order valence-corrected chi connectivity index (χ0v) is 15.0. The lowest BCUT2D eigenvalue weighted by Crippen LogP contribution is -2.37. The van der Waals surface area contributed by atoms with Crippen LogP contribution < -0.4 is 10.6 Å². The fraction of sp³-hybridized carbons (Fsp3) is 0.438. The maximum atomic E-state index is 13.4. The maximum absolute atomic E-state index is 13.4. The largest absolute Gasteiger partial charge is 0.357 e. The standard InChI is InChI=1S/C16H23FN6S/c1-4-18-16(20-9-15-21-11-22-23(15)2)19-8-12-5-6-14(17)7-13(12)10-24-3/h5-7,11H,4,8-10H2,1-3H3,(H2,18,19,20). The molecule has 0 saturated carbocycles. The van der Waals surface area contributed by atoms with Crippen LogP contribution in [0.25, 0.3) is 0 Å². The molecule has 0 aliphatic heterocycles. The van der Waals surface area contributed by atoms with Crippen LogP contribution in [0.1, 0.15) is 23.9 Å². The lowest BCUT2D eigenvalue weighted by atomic mass is 10.1. The molecule has 2 aromatic rings. The summed E-state index contributed by atoms with van der Waals surface area (Å²) in [5, 5.41) is 10.5. The number of hydrogen-bond donors (Lipinski definition) is 2. The molecule has 6 nitrogen and oxygen atoms in total. The van der Waals surface area contributed by atoms with Crippen molar-refractivity contribution in [1.29, 1.82) is 0 Å². The first kappa shape index (κ1) is 18.3. The highest BCUT2D eigenvalue weighted by molar-refractivity contribution is 7.97. The van der Waals surface area contributed by atoms with Gasteiger partial charge in [0, 0.05) is 19.3 Å². The minimum Gasteiger partial charge on any atom is -0.357 e. The number of hydrogen-bond acceptors (Lipinski definition) is 4. The molecule has 1 aromatic heterocycles. The van der Waals surface area contributed by atoms with Crippen LogP contribution in [-0.2, 0) is 25.9 Å². The highest BCUT2D eigenvalue weighted by atomic mass is 32.2. The molecule has 1 aromatic carbocycles. The van der Waals surface area contributed by atoms with E-state index in [1.54, 1.807) is 28.6 Å². The molecule has 0 aliphatic carbocycles. The van der Waals surface area contributed by atoms with Crippen LogP contribution in [0.4, 0.5) is 4.39 Å². The van der Waals surface area contributed by atoms with Gasteiger partial charge in [0.25, 0.3) is 0 Å². The molecule has 2 N–H and O–H groups in total. The first-order valence-corrected chi connectivity index (χ1v) is 9.14. The monoisotopic (exact) mass is 350 g/mol. The molecule has 0 amide bonds. The molecule has 1 heterocycles. The van der Waals surface area contributed by atoms with Crippen LogP contribution >= 0.6 is 11.8 Å². The summed E-state index contributed by atoms with van der Waals surface area (Å²) >= 11 is 1.67. The van der Waals surface area contributed by atoms with Crippen LogP contribution in [-0.4, -0.2) is 33.5 Å². The zero-order valence-electron chi connectivity index (χ0n) is 14.2. The Morgan fingerprint density at radius 1 is 1.33 bits per heavy atom. The number of rotatable bonds is 7. The summed E-state index contributed by atoms with van der Waals surface area (Å²) in [6.07, 6.45) is 3.53. The van der Waals surface area contributed by atoms with Gasteiger partial charge in [-0.1, -0.05) is 6.07 Å². The summed E-state index contributed by atoms with van der Waals surface area (Å²) < 4.78 is 15.1. The van der Waals surface area contributed by atoms with Gasteiger partial charge in [0.05, 0.1) is 13.1 Å². The molecule has 2 rings (SSSR count). The van der Waals surface area contributed by atoms with Gasteiger partial charge >= 0.3 is 0 Å². The quantitative estimate of drug-likeness (QED) is 0.591. The van der Waals surface area contributed by atoms with Crippen LogP contribution in [0.15, 0.2) is 29.5 Å². The Morgan fingerprint density at radius 2 is 2.17 bits per heavy atom. The molecule has 0 radical (unpaired) electrons. The number of benzene rings is 1. The lowest BCUT2D eigenvalue weighted by molar-refractivity contribution is 0.625. The Bertz CT molecular complexity index is 685. The molecule has 0 atom stereocenters. The highest BCUT2D eigenvalue weighted by Crippen LogP contribution is 2.17. The van der Waals surface area contributed by atoms with Crippen molar-refractivity contribution in [3.05, 3.63) is 47.3 Å². The third kappa shape index (κ3) is 5.23. The van der Waals surface area contributed by atoms with Gasteiger partial charge in [0.15, 0.2) is 5.96 Å². The molecule has 130 valence electrons. The van der Waals surface area contributed by atoms with E-state index < -0.39 is 0 Å². The SMILES string of the molecule is CCNC(=NCc1ccc(F)cc1CSC)NCc1ncnn1C. The molecule has 24 heavy (non-hydrogen) atoms. The predicted molar refractivity (Wildman–Crippen MR) is 96.3 cm³/mol. The summed E-state index contributed by atoms with van der Waals surface area (Å²) in [5.41, 5.74) is 2.01. The van der Waals surface area contributed by atoms with Crippen LogP contribution in [0.5, 0.6) is 0 Å². The van der Waals surface area contributed by atoms with E-state index in [2.05, 4.69) is 25.7 Å². The average Bonchev–Trinajstić information content (AvgIpc) is 2.97. The van der Waals surface area contributed by atoms with Crippen molar-refractivity contribution in [2.75, 3.05) is 12.8 Å². The molecule has 0 bridgehead atoms. The van der Waals surface area contributed by atoms with E-state index in [0.717, 1.165) is 29.2 Å². The van der Waals surface area contributed by atoms with Gasteiger partial charge in [0.1, 0.15) is 18.0 Å². The summed E-state index contributed by atoms with van der Waals surface area (Å²) in [5.74, 6) is 2.08. The minimum atomic E-state index is -0.209. The Hall–Kier alpha value is -2.09. The first-order valence-electron chi connectivity index (χ1n) is 7.75. The number of nitrogens with zero attached hydrogens (tertiary/aromatic N) is 4. The van der Waals surface area contributed by atoms with E-state index in [9.17, 15) is 4.39 Å². The minimum absolute atomic E-state index is 0.209. The normalized spacial score (nSPS) is 11.6.